The Morgan fingerprint density at radius 2 is 2.06 bits per heavy atom. The summed E-state index contributed by atoms with van der Waals surface area (Å²) >= 11 is 0. The molecule has 0 amide bonds. The first-order valence-electron chi connectivity index (χ1n) is 5.50. The second-order valence-electron chi connectivity index (χ2n) is 3.64. The molecule has 0 aromatic carbocycles. The number of aryl methyl sites for hydroxylation is 2. The van der Waals surface area contributed by atoms with Gasteiger partial charge in [-0.1, -0.05) is 0 Å². The molecule has 0 radical (unpaired) electrons. The molecule has 0 aliphatic carbocycles. The van der Waals surface area contributed by atoms with Crippen molar-refractivity contribution in [2.24, 2.45) is 0 Å². The summed E-state index contributed by atoms with van der Waals surface area (Å²) in [5, 5.41) is 4.03. The minimum atomic E-state index is -0.271. The standard InChI is InChI=1S/C11H14N4O2/c1-2-13-7-4-10(16)15(11(13)17)9-8-14-6-3-5-12-14/h3-7H,2,8-9H2,1H3. The predicted molar refractivity (Wildman–Crippen MR) is 62.9 cm³/mol. The maximum Gasteiger partial charge on any atom is 0.331 e. The number of rotatable bonds is 4. The van der Waals surface area contributed by atoms with E-state index >= 15 is 0 Å². The van der Waals surface area contributed by atoms with Gasteiger partial charge in [0.25, 0.3) is 5.56 Å². The predicted octanol–water partition coefficient (Wildman–Crippen LogP) is -0.0734. The van der Waals surface area contributed by atoms with Crippen LogP contribution < -0.4 is 11.2 Å². The second kappa shape index (κ2) is 4.82. The lowest BCUT2D eigenvalue weighted by Crippen LogP contribution is -2.39. The van der Waals surface area contributed by atoms with Crippen molar-refractivity contribution >= 4 is 0 Å². The van der Waals surface area contributed by atoms with Crippen LogP contribution in [0, 0.1) is 0 Å². The molecule has 2 rings (SSSR count). The van der Waals surface area contributed by atoms with E-state index < -0.39 is 0 Å². The van der Waals surface area contributed by atoms with Gasteiger partial charge in [0, 0.05) is 31.2 Å². The molecule has 0 bridgehead atoms. The van der Waals surface area contributed by atoms with E-state index in [4.69, 9.17) is 0 Å². The zero-order chi connectivity index (χ0) is 12.3. The van der Waals surface area contributed by atoms with E-state index in [1.54, 1.807) is 23.1 Å². The third-order valence-corrected chi connectivity index (χ3v) is 2.59. The van der Waals surface area contributed by atoms with Crippen LogP contribution in [-0.2, 0) is 19.6 Å². The summed E-state index contributed by atoms with van der Waals surface area (Å²) in [6.45, 7) is 3.26. The fourth-order valence-electron chi connectivity index (χ4n) is 1.64. The topological polar surface area (TPSA) is 61.8 Å². The molecule has 2 heterocycles. The quantitative estimate of drug-likeness (QED) is 0.743. The molecule has 0 saturated heterocycles. The summed E-state index contributed by atoms with van der Waals surface area (Å²) in [5.74, 6) is 0. The summed E-state index contributed by atoms with van der Waals surface area (Å²) in [5.41, 5.74) is -0.543. The van der Waals surface area contributed by atoms with Crippen molar-refractivity contribution in [2.45, 2.75) is 26.6 Å². The van der Waals surface area contributed by atoms with Gasteiger partial charge in [0.05, 0.1) is 13.1 Å². The van der Waals surface area contributed by atoms with Gasteiger partial charge in [-0.2, -0.15) is 5.10 Å². The van der Waals surface area contributed by atoms with Crippen molar-refractivity contribution in [2.75, 3.05) is 0 Å². The maximum atomic E-state index is 11.9. The lowest BCUT2D eigenvalue weighted by Gasteiger charge is -2.07. The van der Waals surface area contributed by atoms with E-state index in [2.05, 4.69) is 5.10 Å². The van der Waals surface area contributed by atoms with E-state index in [-0.39, 0.29) is 11.2 Å². The summed E-state index contributed by atoms with van der Waals surface area (Å²) < 4.78 is 4.42. The third kappa shape index (κ3) is 2.35. The zero-order valence-corrected chi connectivity index (χ0v) is 9.61. The molecule has 0 saturated carbocycles. The normalized spacial score (nSPS) is 10.6. The molecule has 0 unspecified atom stereocenters. The fraction of sp³-hybridized carbons (Fsp3) is 0.364. The van der Waals surface area contributed by atoms with Crippen LogP contribution in [0.1, 0.15) is 6.92 Å². The molecule has 0 spiro atoms. The van der Waals surface area contributed by atoms with Gasteiger partial charge in [-0.15, -0.1) is 0 Å². The van der Waals surface area contributed by atoms with Crippen LogP contribution in [0.15, 0.2) is 40.3 Å². The Hall–Kier alpha value is -2.11. The Morgan fingerprint density at radius 3 is 2.71 bits per heavy atom. The van der Waals surface area contributed by atoms with Crippen LogP contribution in [0.3, 0.4) is 0 Å². The van der Waals surface area contributed by atoms with E-state index in [9.17, 15) is 9.59 Å². The minimum Gasteiger partial charge on any atom is -0.301 e. The van der Waals surface area contributed by atoms with E-state index in [1.165, 1.54) is 21.4 Å². The molecular weight excluding hydrogens is 220 g/mol. The van der Waals surface area contributed by atoms with E-state index in [1.807, 2.05) is 6.92 Å². The van der Waals surface area contributed by atoms with E-state index in [0.717, 1.165) is 0 Å². The first-order valence-corrected chi connectivity index (χ1v) is 5.50. The first kappa shape index (κ1) is 11.4. The van der Waals surface area contributed by atoms with E-state index in [0.29, 0.717) is 19.6 Å². The largest absolute Gasteiger partial charge is 0.331 e. The van der Waals surface area contributed by atoms with Crippen LogP contribution in [0.2, 0.25) is 0 Å². The summed E-state index contributed by atoms with van der Waals surface area (Å²) in [6, 6.07) is 3.21. The highest BCUT2D eigenvalue weighted by molar-refractivity contribution is 4.86. The van der Waals surface area contributed by atoms with Gasteiger partial charge in [-0.05, 0) is 13.0 Å². The van der Waals surface area contributed by atoms with Gasteiger partial charge in [0.2, 0.25) is 0 Å². The van der Waals surface area contributed by atoms with Crippen molar-refractivity contribution in [3.05, 3.63) is 51.6 Å². The minimum absolute atomic E-state index is 0.271. The van der Waals surface area contributed by atoms with Crippen molar-refractivity contribution in [1.82, 2.24) is 18.9 Å². The van der Waals surface area contributed by atoms with Crippen LogP contribution in [0.5, 0.6) is 0 Å². The highest BCUT2D eigenvalue weighted by Crippen LogP contribution is 1.86. The van der Waals surface area contributed by atoms with Gasteiger partial charge < -0.3 is 4.57 Å². The molecule has 17 heavy (non-hydrogen) atoms. The summed E-state index contributed by atoms with van der Waals surface area (Å²) in [7, 11) is 0. The first-order chi connectivity index (χ1) is 8.22. The highest BCUT2D eigenvalue weighted by Gasteiger charge is 2.03. The van der Waals surface area contributed by atoms with Gasteiger partial charge in [-0.3, -0.25) is 14.0 Å². The Labute approximate surface area is 97.7 Å². The molecule has 6 heteroatoms. The monoisotopic (exact) mass is 234 g/mol. The average molecular weight is 234 g/mol. The maximum absolute atomic E-state index is 11.9. The van der Waals surface area contributed by atoms with Crippen LogP contribution >= 0.6 is 0 Å². The molecule has 0 aliphatic heterocycles. The molecular formula is C11H14N4O2. The van der Waals surface area contributed by atoms with Gasteiger partial charge in [-0.25, -0.2) is 4.79 Å². The lowest BCUT2D eigenvalue weighted by atomic mass is 10.5. The van der Waals surface area contributed by atoms with Crippen molar-refractivity contribution in [3.8, 4) is 0 Å². The smallest absolute Gasteiger partial charge is 0.301 e. The highest BCUT2D eigenvalue weighted by atomic mass is 16.2. The fourth-order valence-corrected chi connectivity index (χ4v) is 1.64. The Morgan fingerprint density at radius 1 is 1.24 bits per heavy atom. The molecule has 6 nitrogen and oxygen atoms in total. The Balaban J connectivity index is 2.26. The van der Waals surface area contributed by atoms with Crippen molar-refractivity contribution in [1.29, 1.82) is 0 Å². The van der Waals surface area contributed by atoms with Gasteiger partial charge in [0.1, 0.15) is 0 Å². The summed E-state index contributed by atoms with van der Waals surface area (Å²) in [4.78, 5) is 23.5. The number of nitrogens with zero attached hydrogens (tertiary/aromatic N) is 4. The molecule has 2 aromatic heterocycles. The number of aromatic nitrogens is 4. The van der Waals surface area contributed by atoms with Crippen molar-refractivity contribution in [3.63, 3.8) is 0 Å². The second-order valence-corrected chi connectivity index (χ2v) is 3.64. The molecule has 0 aliphatic rings. The Kier molecular flexibility index (Phi) is 3.22. The molecule has 0 atom stereocenters. The number of hydrogen-bond acceptors (Lipinski definition) is 3. The average Bonchev–Trinajstić information content (AvgIpc) is 2.82. The van der Waals surface area contributed by atoms with Gasteiger partial charge >= 0.3 is 5.69 Å². The van der Waals surface area contributed by atoms with Crippen LogP contribution in [0.25, 0.3) is 0 Å². The molecule has 0 N–H and O–H groups in total. The Bertz CT molecular complexity index is 595. The van der Waals surface area contributed by atoms with Crippen LogP contribution in [-0.4, -0.2) is 18.9 Å². The summed E-state index contributed by atoms with van der Waals surface area (Å²) in [6.07, 6.45) is 4.99. The number of hydrogen-bond donors (Lipinski definition) is 0. The van der Waals surface area contributed by atoms with Crippen molar-refractivity contribution < 1.29 is 0 Å². The third-order valence-electron chi connectivity index (χ3n) is 2.59. The molecule has 2 aromatic rings. The lowest BCUT2D eigenvalue weighted by molar-refractivity contribution is 0.488. The molecule has 0 fully saturated rings. The molecule has 90 valence electrons. The van der Waals surface area contributed by atoms with Gasteiger partial charge in [0.15, 0.2) is 0 Å². The zero-order valence-electron chi connectivity index (χ0n) is 9.61. The van der Waals surface area contributed by atoms with Crippen LogP contribution in [0.4, 0.5) is 0 Å². The SMILES string of the molecule is CCn1ccc(=O)n(CCn2cccn2)c1=O.